The van der Waals surface area contributed by atoms with E-state index in [2.05, 4.69) is 10.6 Å². The van der Waals surface area contributed by atoms with Crippen LogP contribution in [0.4, 0.5) is 5.69 Å². The van der Waals surface area contributed by atoms with E-state index in [0.29, 0.717) is 38.8 Å². The average Bonchev–Trinajstić information content (AvgIpc) is 2.70. The molecule has 0 bridgehead atoms. The van der Waals surface area contributed by atoms with Gasteiger partial charge in [-0.25, -0.2) is 12.7 Å². The number of ether oxygens (including phenoxy) is 2. The molecule has 172 valence electrons. The zero-order valence-electron chi connectivity index (χ0n) is 18.1. The van der Waals surface area contributed by atoms with Crippen LogP contribution in [0.25, 0.3) is 0 Å². The molecule has 0 aromatic heterocycles. The van der Waals surface area contributed by atoms with Crippen molar-refractivity contribution in [2.75, 3.05) is 58.1 Å². The van der Waals surface area contributed by atoms with Crippen molar-refractivity contribution in [3.05, 3.63) is 24.3 Å². The molecule has 0 unspecified atom stereocenters. The molecular formula is C20H35IN4O4S. The van der Waals surface area contributed by atoms with Gasteiger partial charge in [-0.3, -0.25) is 4.99 Å². The maximum Gasteiger partial charge on any atom is 0.211 e. The number of anilines is 1. The highest BCUT2D eigenvalue weighted by Gasteiger charge is 2.24. The molecular weight excluding hydrogens is 519 g/mol. The number of guanidine groups is 1. The van der Waals surface area contributed by atoms with Crippen molar-refractivity contribution >= 4 is 45.6 Å². The number of benzene rings is 1. The lowest BCUT2D eigenvalue weighted by molar-refractivity contribution is 0.172. The second kappa shape index (κ2) is 14.0. The molecule has 10 heteroatoms. The summed E-state index contributed by atoms with van der Waals surface area (Å²) in [6, 6.07) is 7.79. The van der Waals surface area contributed by atoms with Crippen LogP contribution < -0.4 is 15.4 Å². The largest absolute Gasteiger partial charge is 0.493 e. The summed E-state index contributed by atoms with van der Waals surface area (Å²) in [5.74, 6) is 1.91. The number of piperidine rings is 1. The predicted octanol–water partition coefficient (Wildman–Crippen LogP) is 2.77. The molecule has 0 atom stereocenters. The zero-order chi connectivity index (χ0) is 21.1. The maximum atomic E-state index is 11.6. The Morgan fingerprint density at radius 2 is 2.00 bits per heavy atom. The van der Waals surface area contributed by atoms with Gasteiger partial charge in [0.1, 0.15) is 5.75 Å². The van der Waals surface area contributed by atoms with E-state index in [1.54, 1.807) is 11.4 Å². The van der Waals surface area contributed by atoms with Gasteiger partial charge in [-0.15, -0.1) is 24.0 Å². The number of nitrogens with zero attached hydrogens (tertiary/aromatic N) is 2. The van der Waals surface area contributed by atoms with Gasteiger partial charge < -0.3 is 20.1 Å². The summed E-state index contributed by atoms with van der Waals surface area (Å²) in [6.45, 7) is 5.88. The highest BCUT2D eigenvalue weighted by atomic mass is 127. The Kier molecular flexibility index (Phi) is 12.6. The first kappa shape index (κ1) is 26.9. The van der Waals surface area contributed by atoms with E-state index in [1.807, 2.05) is 31.2 Å². The van der Waals surface area contributed by atoms with Crippen LogP contribution in [0.2, 0.25) is 0 Å². The number of aliphatic imine (C=N–C) groups is 1. The lowest BCUT2D eigenvalue weighted by Gasteiger charge is -2.29. The molecule has 0 amide bonds. The molecule has 1 fully saturated rings. The van der Waals surface area contributed by atoms with E-state index in [1.165, 1.54) is 6.26 Å². The third-order valence-corrected chi connectivity index (χ3v) is 6.06. The predicted molar refractivity (Wildman–Crippen MR) is 133 cm³/mol. The monoisotopic (exact) mass is 554 g/mol. The zero-order valence-corrected chi connectivity index (χ0v) is 21.2. The van der Waals surface area contributed by atoms with Gasteiger partial charge in [0, 0.05) is 58.1 Å². The second-order valence-corrected chi connectivity index (χ2v) is 9.16. The van der Waals surface area contributed by atoms with Crippen LogP contribution in [0.5, 0.6) is 5.75 Å². The van der Waals surface area contributed by atoms with Crippen molar-refractivity contribution in [3.8, 4) is 5.75 Å². The lowest BCUT2D eigenvalue weighted by Crippen LogP contribution is -2.38. The third kappa shape index (κ3) is 9.80. The molecule has 8 nitrogen and oxygen atoms in total. The summed E-state index contributed by atoms with van der Waals surface area (Å²) in [5, 5.41) is 6.58. The van der Waals surface area contributed by atoms with Crippen molar-refractivity contribution in [1.29, 1.82) is 0 Å². The quantitative estimate of drug-likeness (QED) is 0.200. The first-order chi connectivity index (χ1) is 13.9. The van der Waals surface area contributed by atoms with E-state index in [0.717, 1.165) is 43.2 Å². The topological polar surface area (TPSA) is 92.3 Å². The summed E-state index contributed by atoms with van der Waals surface area (Å²) in [7, 11) is -1.41. The molecule has 0 aliphatic carbocycles. The van der Waals surface area contributed by atoms with Crippen molar-refractivity contribution in [2.24, 2.45) is 10.9 Å². The minimum absolute atomic E-state index is 0. The van der Waals surface area contributed by atoms with E-state index < -0.39 is 10.0 Å². The highest BCUT2D eigenvalue weighted by molar-refractivity contribution is 14.0. The number of nitrogens with one attached hydrogen (secondary N) is 2. The fourth-order valence-electron chi connectivity index (χ4n) is 3.14. The van der Waals surface area contributed by atoms with E-state index >= 15 is 0 Å². The Morgan fingerprint density at radius 3 is 2.63 bits per heavy atom. The molecule has 1 heterocycles. The average molecular weight is 554 g/mol. The molecule has 30 heavy (non-hydrogen) atoms. The Bertz CT molecular complexity index is 753. The molecule has 1 aliphatic heterocycles. The van der Waals surface area contributed by atoms with E-state index in [-0.39, 0.29) is 24.0 Å². The number of rotatable bonds is 10. The Morgan fingerprint density at radius 1 is 1.27 bits per heavy atom. The number of sulfonamides is 1. The molecule has 1 saturated heterocycles. The van der Waals surface area contributed by atoms with E-state index in [9.17, 15) is 8.42 Å². The minimum Gasteiger partial charge on any atom is -0.493 e. The van der Waals surface area contributed by atoms with Gasteiger partial charge in [0.15, 0.2) is 5.96 Å². The lowest BCUT2D eigenvalue weighted by atomic mass is 9.98. The van der Waals surface area contributed by atoms with Crippen molar-refractivity contribution in [2.45, 2.75) is 26.2 Å². The van der Waals surface area contributed by atoms with Gasteiger partial charge in [-0.05, 0) is 37.8 Å². The smallest absolute Gasteiger partial charge is 0.211 e. The number of hydrogen-bond acceptors (Lipinski definition) is 5. The molecule has 2 N–H and O–H groups in total. The maximum absolute atomic E-state index is 11.6. The van der Waals surface area contributed by atoms with Crippen molar-refractivity contribution in [3.63, 3.8) is 0 Å². The van der Waals surface area contributed by atoms with Crippen LogP contribution in [0.15, 0.2) is 29.3 Å². The molecule has 1 aromatic carbocycles. The Labute approximate surface area is 197 Å². The molecule has 1 aromatic rings. The molecule has 2 rings (SSSR count). The molecule has 1 aliphatic rings. The summed E-state index contributed by atoms with van der Waals surface area (Å²) < 4.78 is 35.6. The van der Waals surface area contributed by atoms with Gasteiger partial charge in [-0.1, -0.05) is 6.07 Å². The summed E-state index contributed by atoms with van der Waals surface area (Å²) in [4.78, 5) is 4.70. The van der Waals surface area contributed by atoms with Gasteiger partial charge >= 0.3 is 0 Å². The first-order valence-corrected chi connectivity index (χ1v) is 12.0. The van der Waals surface area contributed by atoms with Crippen LogP contribution in [-0.4, -0.2) is 71.4 Å². The van der Waals surface area contributed by atoms with Crippen LogP contribution in [0.1, 0.15) is 26.2 Å². The van der Waals surface area contributed by atoms with Crippen LogP contribution >= 0.6 is 24.0 Å². The highest BCUT2D eigenvalue weighted by Crippen LogP contribution is 2.20. The Balaban J connectivity index is 0.00000450. The fraction of sp³-hybridized carbons (Fsp3) is 0.650. The van der Waals surface area contributed by atoms with Gasteiger partial charge in [-0.2, -0.15) is 0 Å². The molecule has 0 saturated carbocycles. The number of methoxy groups -OCH3 is 1. The van der Waals surface area contributed by atoms with Gasteiger partial charge in [0.05, 0.1) is 12.9 Å². The standard InChI is InChI=1S/C20H34N4O4S.HI/c1-4-21-20(22-16-17-9-11-24(12-10-17)29(3,25)26)23-18-7-5-8-19(15-18)28-14-6-13-27-2;/h5,7-8,15,17H,4,6,9-14,16H2,1-3H3,(H2,21,22,23);1H. The first-order valence-electron chi connectivity index (χ1n) is 10.1. The van der Waals surface area contributed by atoms with Crippen molar-refractivity contribution in [1.82, 2.24) is 9.62 Å². The van der Waals surface area contributed by atoms with Crippen molar-refractivity contribution < 1.29 is 17.9 Å². The third-order valence-electron chi connectivity index (χ3n) is 4.75. The SMILES string of the molecule is CCNC(=NCC1CCN(S(C)(=O)=O)CC1)Nc1cccc(OCCCOC)c1.I. The second-order valence-electron chi connectivity index (χ2n) is 7.17. The van der Waals surface area contributed by atoms with Gasteiger partial charge in [0.2, 0.25) is 10.0 Å². The minimum atomic E-state index is -3.09. The Hall–Kier alpha value is -1.11. The number of hydrogen-bond donors (Lipinski definition) is 2. The number of halogens is 1. The van der Waals surface area contributed by atoms with Crippen LogP contribution in [-0.2, 0) is 14.8 Å². The summed E-state index contributed by atoms with van der Waals surface area (Å²) in [6.07, 6.45) is 3.78. The molecule has 0 radical (unpaired) electrons. The summed E-state index contributed by atoms with van der Waals surface area (Å²) in [5.41, 5.74) is 0.904. The van der Waals surface area contributed by atoms with Crippen LogP contribution in [0, 0.1) is 5.92 Å². The van der Waals surface area contributed by atoms with Gasteiger partial charge in [0.25, 0.3) is 0 Å². The normalized spacial score (nSPS) is 16.0. The molecule has 0 spiro atoms. The summed E-state index contributed by atoms with van der Waals surface area (Å²) >= 11 is 0. The fourth-order valence-corrected chi connectivity index (χ4v) is 4.02. The van der Waals surface area contributed by atoms with Crippen LogP contribution in [0.3, 0.4) is 0 Å². The van der Waals surface area contributed by atoms with E-state index in [4.69, 9.17) is 14.5 Å².